The van der Waals surface area contributed by atoms with Crippen LogP contribution in [0.15, 0.2) is 0 Å². The number of hydrogen-bond donors (Lipinski definition) is 1. The molecular weight excluding hydrogens is 240 g/mol. The fourth-order valence-corrected chi connectivity index (χ4v) is 3.97. The number of nitrogens with one attached hydrogen (secondary N) is 1. The van der Waals surface area contributed by atoms with Crippen LogP contribution in [-0.2, 0) is 9.59 Å². The predicted molar refractivity (Wildman–Crippen MR) is 72.4 cm³/mol. The molecule has 2 amide bonds. The van der Waals surface area contributed by atoms with E-state index in [0.717, 1.165) is 25.9 Å². The zero-order valence-corrected chi connectivity index (χ0v) is 11.6. The molecule has 0 bridgehead atoms. The van der Waals surface area contributed by atoms with Crippen LogP contribution in [0.1, 0.15) is 51.4 Å². The Balaban J connectivity index is 1.68. The van der Waals surface area contributed by atoms with Crippen LogP contribution in [-0.4, -0.2) is 36.3 Å². The van der Waals surface area contributed by atoms with E-state index in [-0.39, 0.29) is 17.2 Å². The summed E-state index contributed by atoms with van der Waals surface area (Å²) in [5.41, 5.74) is -0.350. The molecule has 3 fully saturated rings. The molecule has 2 aliphatic heterocycles. The number of carbonyl (C=O) groups excluding carboxylic acids is 2. The number of likely N-dealkylation sites (tertiary alicyclic amines) is 1. The van der Waals surface area contributed by atoms with Gasteiger partial charge in [0.2, 0.25) is 11.8 Å². The van der Waals surface area contributed by atoms with Gasteiger partial charge in [-0.15, -0.1) is 0 Å². The molecule has 4 heteroatoms. The Hall–Kier alpha value is -0.900. The van der Waals surface area contributed by atoms with Crippen molar-refractivity contribution in [3.63, 3.8) is 0 Å². The highest BCUT2D eigenvalue weighted by Crippen LogP contribution is 2.41. The summed E-state index contributed by atoms with van der Waals surface area (Å²) in [5.74, 6) is 0.764. The Morgan fingerprint density at radius 3 is 2.47 bits per heavy atom. The average molecular weight is 264 g/mol. The minimum absolute atomic E-state index is 0.0810. The van der Waals surface area contributed by atoms with Crippen LogP contribution in [0, 0.1) is 11.3 Å². The SMILES string of the molecule is O=C1CC2(CCNCC2)C(=O)N1CC1CCCCC1. The molecule has 1 aliphatic carbocycles. The molecule has 0 unspecified atom stereocenters. The van der Waals surface area contributed by atoms with Crippen LogP contribution in [0.4, 0.5) is 0 Å². The summed E-state index contributed by atoms with van der Waals surface area (Å²) in [5, 5.41) is 3.29. The van der Waals surface area contributed by atoms with Crippen LogP contribution in [0.25, 0.3) is 0 Å². The number of hydrogen-bond acceptors (Lipinski definition) is 3. The highest BCUT2D eigenvalue weighted by atomic mass is 16.2. The van der Waals surface area contributed by atoms with Gasteiger partial charge in [0.05, 0.1) is 5.41 Å². The van der Waals surface area contributed by atoms with Crippen molar-refractivity contribution in [3.05, 3.63) is 0 Å². The van der Waals surface area contributed by atoms with Gasteiger partial charge >= 0.3 is 0 Å². The lowest BCUT2D eigenvalue weighted by Crippen LogP contribution is -2.44. The predicted octanol–water partition coefficient (Wildman–Crippen LogP) is 1.70. The van der Waals surface area contributed by atoms with Crippen molar-refractivity contribution in [2.24, 2.45) is 11.3 Å². The lowest BCUT2D eigenvalue weighted by Gasteiger charge is -2.32. The number of imide groups is 1. The van der Waals surface area contributed by atoms with E-state index in [1.54, 1.807) is 4.90 Å². The number of carbonyl (C=O) groups is 2. The van der Waals surface area contributed by atoms with Crippen LogP contribution >= 0.6 is 0 Å². The smallest absolute Gasteiger partial charge is 0.236 e. The van der Waals surface area contributed by atoms with E-state index >= 15 is 0 Å². The molecule has 2 saturated heterocycles. The molecule has 0 radical (unpaired) electrons. The van der Waals surface area contributed by atoms with Crippen molar-refractivity contribution in [3.8, 4) is 0 Å². The maximum absolute atomic E-state index is 12.6. The van der Waals surface area contributed by atoms with E-state index in [1.807, 2.05) is 0 Å². The maximum Gasteiger partial charge on any atom is 0.236 e. The van der Waals surface area contributed by atoms with Crippen molar-refractivity contribution < 1.29 is 9.59 Å². The van der Waals surface area contributed by atoms with Crippen molar-refractivity contribution in [2.75, 3.05) is 19.6 Å². The first-order chi connectivity index (χ1) is 9.21. The standard InChI is InChI=1S/C15H24N2O2/c18-13-10-15(6-8-16-9-7-15)14(19)17(13)11-12-4-2-1-3-5-12/h12,16H,1-11H2. The summed E-state index contributed by atoms with van der Waals surface area (Å²) in [7, 11) is 0. The Morgan fingerprint density at radius 2 is 1.79 bits per heavy atom. The minimum atomic E-state index is -0.350. The Bertz CT molecular complexity index is 368. The van der Waals surface area contributed by atoms with Gasteiger partial charge in [-0.25, -0.2) is 0 Å². The second kappa shape index (κ2) is 5.23. The molecule has 19 heavy (non-hydrogen) atoms. The van der Waals surface area contributed by atoms with E-state index in [1.165, 1.54) is 32.1 Å². The summed E-state index contributed by atoms with van der Waals surface area (Å²) in [4.78, 5) is 26.5. The molecule has 3 rings (SSSR count). The summed E-state index contributed by atoms with van der Waals surface area (Å²) in [6, 6.07) is 0. The molecule has 0 aromatic heterocycles. The molecule has 4 nitrogen and oxygen atoms in total. The second-order valence-corrected chi connectivity index (χ2v) is 6.52. The highest BCUT2D eigenvalue weighted by Gasteiger charge is 2.51. The van der Waals surface area contributed by atoms with Gasteiger partial charge in [0.1, 0.15) is 0 Å². The van der Waals surface area contributed by atoms with Crippen molar-refractivity contribution in [1.82, 2.24) is 10.2 Å². The number of nitrogens with zero attached hydrogens (tertiary/aromatic N) is 1. The summed E-state index contributed by atoms with van der Waals surface area (Å²) >= 11 is 0. The fourth-order valence-electron chi connectivity index (χ4n) is 3.97. The van der Waals surface area contributed by atoms with Gasteiger partial charge in [0.15, 0.2) is 0 Å². The van der Waals surface area contributed by atoms with Gasteiger partial charge < -0.3 is 5.32 Å². The van der Waals surface area contributed by atoms with Gasteiger partial charge in [-0.05, 0) is 44.7 Å². The minimum Gasteiger partial charge on any atom is -0.317 e. The number of rotatable bonds is 2. The average Bonchev–Trinajstić information content (AvgIpc) is 2.66. The zero-order valence-electron chi connectivity index (χ0n) is 11.6. The molecule has 0 aromatic rings. The van der Waals surface area contributed by atoms with Gasteiger partial charge in [0.25, 0.3) is 0 Å². The topological polar surface area (TPSA) is 49.4 Å². The second-order valence-electron chi connectivity index (χ2n) is 6.52. The summed E-state index contributed by atoms with van der Waals surface area (Å²) < 4.78 is 0. The van der Waals surface area contributed by atoms with Gasteiger partial charge in [-0.3, -0.25) is 14.5 Å². The zero-order chi connectivity index (χ0) is 13.3. The Kier molecular flexibility index (Phi) is 3.61. The Morgan fingerprint density at radius 1 is 1.11 bits per heavy atom. The summed E-state index contributed by atoms with van der Waals surface area (Å²) in [6.45, 7) is 2.43. The third-order valence-electron chi connectivity index (χ3n) is 5.22. The molecule has 1 N–H and O–H groups in total. The van der Waals surface area contributed by atoms with Crippen molar-refractivity contribution in [1.29, 1.82) is 0 Å². The molecule has 0 aromatic carbocycles. The molecule has 0 atom stereocenters. The van der Waals surface area contributed by atoms with Crippen molar-refractivity contribution in [2.45, 2.75) is 51.4 Å². The highest BCUT2D eigenvalue weighted by molar-refractivity contribution is 6.06. The molecule has 1 spiro atoms. The van der Waals surface area contributed by atoms with E-state index in [9.17, 15) is 9.59 Å². The quantitative estimate of drug-likeness (QED) is 0.772. The van der Waals surface area contributed by atoms with E-state index in [2.05, 4.69) is 5.32 Å². The third kappa shape index (κ3) is 2.42. The molecule has 106 valence electrons. The van der Waals surface area contributed by atoms with E-state index in [4.69, 9.17) is 0 Å². The molecular formula is C15H24N2O2. The van der Waals surface area contributed by atoms with Gasteiger partial charge in [-0.2, -0.15) is 0 Å². The molecule has 2 heterocycles. The third-order valence-corrected chi connectivity index (χ3v) is 5.22. The first-order valence-electron chi connectivity index (χ1n) is 7.77. The molecule has 1 saturated carbocycles. The fraction of sp³-hybridized carbons (Fsp3) is 0.867. The van der Waals surface area contributed by atoms with Crippen LogP contribution < -0.4 is 5.32 Å². The first-order valence-corrected chi connectivity index (χ1v) is 7.77. The van der Waals surface area contributed by atoms with Crippen LogP contribution in [0.5, 0.6) is 0 Å². The number of piperidine rings is 1. The van der Waals surface area contributed by atoms with Crippen LogP contribution in [0.2, 0.25) is 0 Å². The van der Waals surface area contributed by atoms with Crippen molar-refractivity contribution >= 4 is 11.8 Å². The summed E-state index contributed by atoms with van der Waals surface area (Å²) in [6.07, 6.45) is 8.33. The largest absolute Gasteiger partial charge is 0.317 e. The first kappa shape index (κ1) is 13.1. The monoisotopic (exact) mass is 264 g/mol. The van der Waals surface area contributed by atoms with E-state index in [0.29, 0.717) is 18.9 Å². The number of amides is 2. The Labute approximate surface area is 114 Å². The van der Waals surface area contributed by atoms with Crippen LogP contribution in [0.3, 0.4) is 0 Å². The maximum atomic E-state index is 12.6. The van der Waals surface area contributed by atoms with E-state index < -0.39 is 0 Å². The lowest BCUT2D eigenvalue weighted by molar-refractivity contribution is -0.143. The molecule has 3 aliphatic rings. The van der Waals surface area contributed by atoms with Gasteiger partial charge in [0, 0.05) is 13.0 Å². The normalized spacial score (nSPS) is 28.3. The van der Waals surface area contributed by atoms with Gasteiger partial charge in [-0.1, -0.05) is 19.3 Å². The lowest BCUT2D eigenvalue weighted by atomic mass is 9.77.